The molecule has 8 heteroatoms. The van der Waals surface area contributed by atoms with Gasteiger partial charge in [-0.3, -0.25) is 4.57 Å². The van der Waals surface area contributed by atoms with Crippen LogP contribution in [-0.2, 0) is 13.0 Å². The van der Waals surface area contributed by atoms with Crippen LogP contribution in [0.25, 0.3) is 0 Å². The Hall–Kier alpha value is 0.291. The minimum atomic E-state index is -3.20. The van der Waals surface area contributed by atoms with E-state index in [4.69, 9.17) is 8.43 Å². The summed E-state index contributed by atoms with van der Waals surface area (Å²) in [6.45, 7) is 18.4. The minimum absolute atomic E-state index is 0.207. The third-order valence-electron chi connectivity index (χ3n) is 2.43. The first kappa shape index (κ1) is 20.3. The first-order valence-electron chi connectivity index (χ1n) is 6.98. The van der Waals surface area contributed by atoms with Gasteiger partial charge in [-0.2, -0.15) is 5.26 Å². The summed E-state index contributed by atoms with van der Waals surface area (Å²) in [4.78, 5) is 0. The van der Waals surface area contributed by atoms with Crippen LogP contribution in [0.3, 0.4) is 0 Å². The predicted octanol–water partition coefficient (Wildman–Crippen LogP) is 5.11. The lowest BCUT2D eigenvalue weighted by Gasteiger charge is -2.34. The molecule has 0 radical (unpaired) electrons. The summed E-state index contributed by atoms with van der Waals surface area (Å²) in [5.74, 6) is 0. The number of nitrogens with zero attached hydrogens (tertiary/aromatic N) is 1. The van der Waals surface area contributed by atoms with Crippen LogP contribution in [0.4, 0.5) is 0 Å². The van der Waals surface area contributed by atoms with Crippen molar-refractivity contribution >= 4 is 32.3 Å². The molecule has 0 rings (SSSR count). The molecule has 0 aliphatic heterocycles. The Balaban J connectivity index is 5.35. The van der Waals surface area contributed by atoms with Gasteiger partial charge >= 0.3 is 7.60 Å². The van der Waals surface area contributed by atoms with Crippen molar-refractivity contribution in [1.82, 2.24) is 0 Å². The fourth-order valence-corrected chi connectivity index (χ4v) is 13.2. The topological polar surface area (TPSA) is 59.3 Å². The molecule has 118 valence electrons. The van der Waals surface area contributed by atoms with Crippen molar-refractivity contribution in [2.75, 3.05) is 6.16 Å². The molecule has 0 aliphatic rings. The van der Waals surface area contributed by atoms with E-state index in [1.807, 2.05) is 39.3 Å². The summed E-state index contributed by atoms with van der Waals surface area (Å²) in [6, 6.07) is 2.33. The summed E-state index contributed by atoms with van der Waals surface area (Å²) in [7, 11) is -8.89. The quantitative estimate of drug-likeness (QED) is 0.472. The van der Waals surface area contributed by atoms with E-state index in [0.29, 0.717) is 0 Å². The van der Waals surface area contributed by atoms with Crippen molar-refractivity contribution in [2.24, 2.45) is 0 Å². The Morgan fingerprint density at radius 3 is 1.50 bits per heavy atom. The van der Waals surface area contributed by atoms with Crippen molar-refractivity contribution < 1.29 is 13.0 Å². The van der Waals surface area contributed by atoms with Crippen LogP contribution in [-0.4, -0.2) is 30.9 Å². The number of rotatable bonds is 7. The first-order chi connectivity index (χ1) is 8.58. The standard InChI is InChI=1S/C12H30NO3PSi3/c1-18(2,3)12(10-13)11-17(14,15-19(4,5)6)16-20(7,8)9/h12H,11H2,1-9H3. The lowest BCUT2D eigenvalue weighted by molar-refractivity contribution is 0.383. The molecule has 20 heavy (non-hydrogen) atoms. The summed E-state index contributed by atoms with van der Waals surface area (Å²) >= 11 is 0. The molecule has 0 bridgehead atoms. The van der Waals surface area contributed by atoms with E-state index < -0.39 is 32.3 Å². The Kier molecular flexibility index (Phi) is 6.69. The average molecular weight is 352 g/mol. The highest BCUT2D eigenvalue weighted by Gasteiger charge is 2.41. The van der Waals surface area contributed by atoms with Crippen molar-refractivity contribution in [3.8, 4) is 6.07 Å². The summed E-state index contributed by atoms with van der Waals surface area (Å²) < 4.78 is 25.0. The lowest BCUT2D eigenvalue weighted by atomic mass is 10.5. The SMILES string of the molecule is C[Si](C)(C)OP(=O)(CC(C#N)[Si](C)(C)C)O[Si](C)(C)C. The number of hydrogen-bond donors (Lipinski definition) is 0. The molecule has 0 saturated heterocycles. The highest BCUT2D eigenvalue weighted by atomic mass is 31.2. The van der Waals surface area contributed by atoms with Crippen molar-refractivity contribution in [1.29, 1.82) is 5.26 Å². The van der Waals surface area contributed by atoms with Crippen LogP contribution in [0, 0.1) is 11.3 Å². The highest BCUT2D eigenvalue weighted by molar-refractivity contribution is 7.57. The maximum atomic E-state index is 13.2. The zero-order valence-electron chi connectivity index (χ0n) is 14.4. The van der Waals surface area contributed by atoms with Gasteiger partial charge in [-0.1, -0.05) is 19.6 Å². The van der Waals surface area contributed by atoms with Crippen LogP contribution < -0.4 is 0 Å². The monoisotopic (exact) mass is 351 g/mol. The molecule has 0 aromatic carbocycles. The zero-order chi connectivity index (χ0) is 16.4. The summed E-state index contributed by atoms with van der Waals surface area (Å²) in [6.07, 6.45) is 0.244. The maximum absolute atomic E-state index is 13.2. The van der Waals surface area contributed by atoms with Gasteiger partial charge in [0.15, 0.2) is 16.6 Å². The molecule has 0 aromatic heterocycles. The van der Waals surface area contributed by atoms with E-state index in [1.54, 1.807) is 0 Å². The molecule has 4 nitrogen and oxygen atoms in total. The third kappa shape index (κ3) is 8.55. The molecule has 0 amide bonds. The average Bonchev–Trinajstić information content (AvgIpc) is 2.05. The molecule has 0 heterocycles. The third-order valence-corrected chi connectivity index (χ3v) is 12.6. The van der Waals surface area contributed by atoms with E-state index in [0.717, 1.165) is 0 Å². The molecule has 0 N–H and O–H groups in total. The molecule has 0 fully saturated rings. The molecule has 0 aromatic rings. The smallest absolute Gasteiger partial charge is 0.312 e. The second-order valence-electron chi connectivity index (χ2n) is 8.25. The maximum Gasteiger partial charge on any atom is 0.312 e. The van der Waals surface area contributed by atoms with Crippen LogP contribution in [0.5, 0.6) is 0 Å². The molecule has 1 unspecified atom stereocenters. The van der Waals surface area contributed by atoms with Crippen molar-refractivity contribution in [3.63, 3.8) is 0 Å². The van der Waals surface area contributed by atoms with E-state index >= 15 is 0 Å². The van der Waals surface area contributed by atoms with E-state index in [1.165, 1.54) is 0 Å². The van der Waals surface area contributed by atoms with Crippen LogP contribution >= 0.6 is 7.60 Å². The molecule has 1 atom stereocenters. The second-order valence-corrected chi connectivity index (χ2v) is 25.2. The summed E-state index contributed by atoms with van der Waals surface area (Å²) in [5, 5.41) is 9.40. The Morgan fingerprint density at radius 2 is 1.30 bits per heavy atom. The summed E-state index contributed by atoms with van der Waals surface area (Å²) in [5.41, 5.74) is -0.207. The van der Waals surface area contributed by atoms with Gasteiger partial charge < -0.3 is 8.43 Å². The van der Waals surface area contributed by atoms with Crippen LogP contribution in [0.2, 0.25) is 64.5 Å². The molecular weight excluding hydrogens is 321 g/mol. The first-order valence-corrected chi connectivity index (χ1v) is 19.1. The van der Waals surface area contributed by atoms with E-state index in [2.05, 4.69) is 25.7 Å². The fraction of sp³-hybridized carbons (Fsp3) is 0.917. The molecule has 0 saturated carbocycles. The van der Waals surface area contributed by atoms with Gasteiger partial charge in [-0.05, 0) is 39.3 Å². The van der Waals surface area contributed by atoms with Crippen molar-refractivity contribution in [3.05, 3.63) is 0 Å². The Labute approximate surface area is 127 Å². The van der Waals surface area contributed by atoms with Gasteiger partial charge in [0.2, 0.25) is 0 Å². The van der Waals surface area contributed by atoms with E-state index in [9.17, 15) is 9.83 Å². The molecule has 0 aliphatic carbocycles. The normalized spacial score (nSPS) is 15.8. The van der Waals surface area contributed by atoms with Gasteiger partial charge in [0.25, 0.3) is 0 Å². The zero-order valence-corrected chi connectivity index (χ0v) is 18.3. The minimum Gasteiger partial charge on any atom is -0.352 e. The Bertz CT molecular complexity index is 396. The van der Waals surface area contributed by atoms with Gasteiger partial charge in [0.1, 0.15) is 0 Å². The van der Waals surface area contributed by atoms with Gasteiger partial charge in [0.05, 0.1) is 25.8 Å². The fourth-order valence-electron chi connectivity index (χ4n) is 1.66. The highest BCUT2D eigenvalue weighted by Crippen LogP contribution is 2.56. The predicted molar refractivity (Wildman–Crippen MR) is 94.0 cm³/mol. The number of nitriles is 1. The molecular formula is C12H30NO3PSi3. The van der Waals surface area contributed by atoms with Crippen LogP contribution in [0.1, 0.15) is 0 Å². The van der Waals surface area contributed by atoms with Crippen molar-refractivity contribution in [2.45, 2.75) is 64.5 Å². The second kappa shape index (κ2) is 6.59. The Morgan fingerprint density at radius 1 is 0.950 bits per heavy atom. The largest absolute Gasteiger partial charge is 0.352 e. The lowest BCUT2D eigenvalue weighted by Crippen LogP contribution is -2.35. The van der Waals surface area contributed by atoms with Gasteiger partial charge in [-0.15, -0.1) is 0 Å². The van der Waals surface area contributed by atoms with Crippen LogP contribution in [0.15, 0.2) is 0 Å². The number of hydrogen-bond acceptors (Lipinski definition) is 4. The van der Waals surface area contributed by atoms with Gasteiger partial charge in [0, 0.05) is 0 Å². The van der Waals surface area contributed by atoms with E-state index in [-0.39, 0.29) is 11.7 Å². The molecule has 0 spiro atoms. The van der Waals surface area contributed by atoms with Gasteiger partial charge in [-0.25, -0.2) is 0 Å².